The molecule has 0 aliphatic heterocycles. The molecule has 0 bridgehead atoms. The Morgan fingerprint density at radius 2 is 1.62 bits per heavy atom. The standard InChI is InChI=1S/C24H28N2O6/c1-15(31-2)22(23(28)29)26-21(27)12-7-13-25-24(30)32-14-20-18-10-5-3-8-16(18)17-9-4-6-11-19(17)20/h3-6,8-11,15,20,22H,7,12-14H2,1-2H3,(H,25,30)(H,26,27)(H,28,29)/t15-,22+/m1/s1. The number of nitrogens with one attached hydrogen (secondary N) is 2. The molecule has 2 aromatic carbocycles. The maximum atomic E-state index is 12.1. The molecular weight excluding hydrogens is 412 g/mol. The summed E-state index contributed by atoms with van der Waals surface area (Å²) in [6.07, 6.45) is -0.785. The van der Waals surface area contributed by atoms with E-state index in [9.17, 15) is 19.5 Å². The minimum Gasteiger partial charge on any atom is -0.480 e. The topological polar surface area (TPSA) is 114 Å². The van der Waals surface area contributed by atoms with Gasteiger partial charge in [0, 0.05) is 26.0 Å². The van der Waals surface area contributed by atoms with Crippen LogP contribution < -0.4 is 10.6 Å². The van der Waals surface area contributed by atoms with Crippen LogP contribution in [0.15, 0.2) is 48.5 Å². The lowest BCUT2D eigenvalue weighted by atomic mass is 9.98. The number of ether oxygens (including phenoxy) is 2. The molecule has 0 heterocycles. The van der Waals surface area contributed by atoms with E-state index < -0.39 is 30.1 Å². The number of methoxy groups -OCH3 is 1. The summed E-state index contributed by atoms with van der Waals surface area (Å²) >= 11 is 0. The molecule has 0 unspecified atom stereocenters. The van der Waals surface area contributed by atoms with E-state index in [0.717, 1.165) is 22.3 Å². The first-order valence-corrected chi connectivity index (χ1v) is 10.6. The first kappa shape index (κ1) is 23.3. The summed E-state index contributed by atoms with van der Waals surface area (Å²) in [5, 5.41) is 14.2. The number of amides is 2. The predicted octanol–water partition coefficient (Wildman–Crippen LogP) is 2.91. The largest absolute Gasteiger partial charge is 0.480 e. The van der Waals surface area contributed by atoms with E-state index in [-0.39, 0.29) is 25.5 Å². The lowest BCUT2D eigenvalue weighted by Crippen LogP contribution is -2.48. The minimum atomic E-state index is -1.16. The zero-order valence-corrected chi connectivity index (χ0v) is 18.2. The van der Waals surface area contributed by atoms with E-state index in [2.05, 4.69) is 34.9 Å². The van der Waals surface area contributed by atoms with Crippen LogP contribution in [0.2, 0.25) is 0 Å². The molecule has 8 heteroatoms. The second-order valence-corrected chi connectivity index (χ2v) is 7.68. The van der Waals surface area contributed by atoms with E-state index in [1.165, 1.54) is 7.11 Å². The van der Waals surface area contributed by atoms with Crippen molar-refractivity contribution in [3.05, 3.63) is 59.7 Å². The van der Waals surface area contributed by atoms with Crippen LogP contribution in [0.1, 0.15) is 36.8 Å². The van der Waals surface area contributed by atoms with Crippen molar-refractivity contribution in [2.24, 2.45) is 0 Å². The van der Waals surface area contributed by atoms with Crippen molar-refractivity contribution in [3.8, 4) is 11.1 Å². The van der Waals surface area contributed by atoms with Crippen LogP contribution in [0.5, 0.6) is 0 Å². The summed E-state index contributed by atoms with van der Waals surface area (Å²) in [7, 11) is 1.38. The summed E-state index contributed by atoms with van der Waals surface area (Å²) in [4.78, 5) is 35.3. The van der Waals surface area contributed by atoms with E-state index in [4.69, 9.17) is 9.47 Å². The molecule has 3 N–H and O–H groups in total. The monoisotopic (exact) mass is 440 g/mol. The van der Waals surface area contributed by atoms with Crippen molar-refractivity contribution >= 4 is 18.0 Å². The molecule has 3 rings (SSSR count). The summed E-state index contributed by atoms with van der Waals surface area (Å²) in [6, 6.07) is 15.1. The van der Waals surface area contributed by atoms with E-state index in [1.54, 1.807) is 6.92 Å². The number of rotatable bonds is 10. The van der Waals surface area contributed by atoms with Crippen LogP contribution in [0.3, 0.4) is 0 Å². The van der Waals surface area contributed by atoms with Crippen LogP contribution >= 0.6 is 0 Å². The second kappa shape index (κ2) is 10.8. The van der Waals surface area contributed by atoms with Gasteiger partial charge in [-0.3, -0.25) is 4.79 Å². The first-order chi connectivity index (χ1) is 15.4. The maximum Gasteiger partial charge on any atom is 0.407 e. The number of carboxylic acids is 1. The summed E-state index contributed by atoms with van der Waals surface area (Å²) in [6.45, 7) is 2.02. The molecule has 8 nitrogen and oxygen atoms in total. The van der Waals surface area contributed by atoms with Crippen molar-refractivity contribution in [3.63, 3.8) is 0 Å². The van der Waals surface area contributed by atoms with Crippen molar-refractivity contribution in [2.75, 3.05) is 20.3 Å². The number of carbonyl (C=O) groups excluding carboxylic acids is 2. The number of benzene rings is 2. The number of carboxylic acid groups (broad SMARTS) is 1. The molecular formula is C24H28N2O6. The van der Waals surface area contributed by atoms with Crippen LogP contribution in [-0.2, 0) is 19.1 Å². The zero-order chi connectivity index (χ0) is 23.1. The van der Waals surface area contributed by atoms with Crippen molar-refractivity contribution in [1.82, 2.24) is 10.6 Å². The zero-order valence-electron chi connectivity index (χ0n) is 18.2. The Morgan fingerprint density at radius 1 is 1.03 bits per heavy atom. The summed E-state index contributed by atoms with van der Waals surface area (Å²) in [5.41, 5.74) is 4.59. The van der Waals surface area contributed by atoms with Crippen molar-refractivity contribution in [2.45, 2.75) is 37.8 Å². The molecule has 170 valence electrons. The average molecular weight is 440 g/mol. The lowest BCUT2D eigenvalue weighted by molar-refractivity contribution is -0.145. The Kier molecular flexibility index (Phi) is 7.83. The second-order valence-electron chi connectivity index (χ2n) is 7.68. The Hall–Kier alpha value is -3.39. The average Bonchev–Trinajstić information content (AvgIpc) is 3.12. The SMILES string of the molecule is CO[C@H](C)[C@H](NC(=O)CCCNC(=O)OCC1c2ccccc2-c2ccccc21)C(=O)O. The highest BCUT2D eigenvalue weighted by Crippen LogP contribution is 2.44. The van der Waals surface area contributed by atoms with Gasteiger partial charge >= 0.3 is 12.1 Å². The molecule has 2 aromatic rings. The Balaban J connectivity index is 1.43. The molecule has 2 amide bonds. The highest BCUT2D eigenvalue weighted by Gasteiger charge is 2.29. The third kappa shape index (κ3) is 5.45. The van der Waals surface area contributed by atoms with Gasteiger partial charge in [0.1, 0.15) is 6.61 Å². The molecule has 0 radical (unpaired) electrons. The fourth-order valence-corrected chi connectivity index (χ4v) is 3.85. The highest BCUT2D eigenvalue weighted by molar-refractivity contribution is 5.84. The number of aliphatic carboxylic acids is 1. The van der Waals surface area contributed by atoms with E-state index in [1.807, 2.05) is 24.3 Å². The fourth-order valence-electron chi connectivity index (χ4n) is 3.85. The van der Waals surface area contributed by atoms with Gasteiger partial charge in [-0.15, -0.1) is 0 Å². The quantitative estimate of drug-likeness (QED) is 0.490. The minimum absolute atomic E-state index is 0.0188. The lowest BCUT2D eigenvalue weighted by Gasteiger charge is -2.20. The molecule has 0 aromatic heterocycles. The fraction of sp³-hybridized carbons (Fsp3) is 0.375. The van der Waals surface area contributed by atoms with E-state index >= 15 is 0 Å². The third-order valence-electron chi connectivity index (χ3n) is 5.62. The molecule has 2 atom stereocenters. The molecule has 0 spiro atoms. The van der Waals surface area contributed by atoms with Gasteiger partial charge in [-0.1, -0.05) is 48.5 Å². The van der Waals surface area contributed by atoms with Gasteiger partial charge in [0.15, 0.2) is 6.04 Å². The molecule has 1 aliphatic carbocycles. The van der Waals surface area contributed by atoms with Gasteiger partial charge in [0.05, 0.1) is 6.10 Å². The van der Waals surface area contributed by atoms with Gasteiger partial charge in [0.2, 0.25) is 5.91 Å². The van der Waals surface area contributed by atoms with Crippen molar-refractivity contribution in [1.29, 1.82) is 0 Å². The van der Waals surface area contributed by atoms with Crippen LogP contribution in [0, 0.1) is 0 Å². The number of fused-ring (bicyclic) bond motifs is 3. The number of hydrogen-bond donors (Lipinski definition) is 3. The first-order valence-electron chi connectivity index (χ1n) is 10.6. The highest BCUT2D eigenvalue weighted by atomic mass is 16.5. The summed E-state index contributed by atoms with van der Waals surface area (Å²) in [5.74, 6) is -1.60. The molecule has 0 saturated heterocycles. The van der Waals surface area contributed by atoms with E-state index in [0.29, 0.717) is 6.42 Å². The molecule has 0 fully saturated rings. The molecule has 0 saturated carbocycles. The number of alkyl carbamates (subject to hydrolysis) is 1. The normalized spacial score (nSPS) is 14.1. The third-order valence-corrected chi connectivity index (χ3v) is 5.62. The van der Waals surface area contributed by atoms with Crippen LogP contribution in [0.25, 0.3) is 11.1 Å². The Morgan fingerprint density at radius 3 is 2.19 bits per heavy atom. The van der Waals surface area contributed by atoms with Crippen LogP contribution in [-0.4, -0.2) is 55.5 Å². The maximum absolute atomic E-state index is 12.1. The number of carbonyl (C=O) groups is 3. The smallest absolute Gasteiger partial charge is 0.407 e. The Labute approximate surface area is 186 Å². The van der Waals surface area contributed by atoms with Gasteiger partial charge in [-0.2, -0.15) is 0 Å². The predicted molar refractivity (Wildman–Crippen MR) is 118 cm³/mol. The van der Waals surface area contributed by atoms with Gasteiger partial charge in [-0.25, -0.2) is 9.59 Å². The van der Waals surface area contributed by atoms with Gasteiger partial charge in [0.25, 0.3) is 0 Å². The van der Waals surface area contributed by atoms with Crippen LogP contribution in [0.4, 0.5) is 4.79 Å². The molecule has 1 aliphatic rings. The van der Waals surface area contributed by atoms with Gasteiger partial charge in [-0.05, 0) is 35.6 Å². The Bertz CT molecular complexity index is 931. The van der Waals surface area contributed by atoms with Crippen molar-refractivity contribution < 1.29 is 29.0 Å². The molecule has 32 heavy (non-hydrogen) atoms. The number of hydrogen-bond acceptors (Lipinski definition) is 5. The van der Waals surface area contributed by atoms with Gasteiger partial charge < -0.3 is 25.2 Å². The summed E-state index contributed by atoms with van der Waals surface area (Å²) < 4.78 is 10.4.